The Morgan fingerprint density at radius 1 is 1.37 bits per heavy atom. The second kappa shape index (κ2) is 5.56. The topological polar surface area (TPSA) is 82.5 Å². The molecule has 100 valence electrons. The lowest BCUT2D eigenvalue weighted by atomic mass is 9.99. The van der Waals surface area contributed by atoms with Gasteiger partial charge in [-0.2, -0.15) is 0 Å². The maximum atomic E-state index is 12.1. The van der Waals surface area contributed by atoms with Crippen molar-refractivity contribution in [3.8, 4) is 0 Å². The summed E-state index contributed by atoms with van der Waals surface area (Å²) in [5, 5.41) is 0.895. The third kappa shape index (κ3) is 3.34. The SMILES string of the molecule is CC(COC(N)=O)CC(=O)c1ccc2occc2c1. The van der Waals surface area contributed by atoms with Crippen LogP contribution in [0, 0.1) is 5.92 Å². The molecule has 0 radical (unpaired) electrons. The van der Waals surface area contributed by atoms with Crippen molar-refractivity contribution in [3.63, 3.8) is 0 Å². The summed E-state index contributed by atoms with van der Waals surface area (Å²) in [4.78, 5) is 22.5. The molecule has 2 N–H and O–H groups in total. The van der Waals surface area contributed by atoms with Gasteiger partial charge in [0.2, 0.25) is 0 Å². The van der Waals surface area contributed by atoms with E-state index in [-0.39, 0.29) is 18.3 Å². The quantitative estimate of drug-likeness (QED) is 0.839. The Hall–Kier alpha value is -2.30. The van der Waals surface area contributed by atoms with Gasteiger partial charge in [0.1, 0.15) is 5.58 Å². The van der Waals surface area contributed by atoms with E-state index in [0.717, 1.165) is 11.0 Å². The molecule has 1 heterocycles. The lowest BCUT2D eigenvalue weighted by Crippen LogP contribution is -2.19. The molecule has 1 amide bonds. The second-order valence-corrected chi connectivity index (χ2v) is 4.54. The number of rotatable bonds is 5. The van der Waals surface area contributed by atoms with Crippen LogP contribution < -0.4 is 5.73 Å². The van der Waals surface area contributed by atoms with E-state index < -0.39 is 6.09 Å². The van der Waals surface area contributed by atoms with Gasteiger partial charge in [0.25, 0.3) is 0 Å². The van der Waals surface area contributed by atoms with Crippen molar-refractivity contribution in [1.29, 1.82) is 0 Å². The van der Waals surface area contributed by atoms with Crippen molar-refractivity contribution in [3.05, 3.63) is 36.1 Å². The maximum absolute atomic E-state index is 12.1. The molecule has 5 nitrogen and oxygen atoms in total. The van der Waals surface area contributed by atoms with Gasteiger partial charge in [-0.05, 0) is 30.2 Å². The highest BCUT2D eigenvalue weighted by atomic mass is 16.5. The van der Waals surface area contributed by atoms with Crippen molar-refractivity contribution < 1.29 is 18.7 Å². The van der Waals surface area contributed by atoms with E-state index in [1.165, 1.54) is 0 Å². The van der Waals surface area contributed by atoms with E-state index in [1.54, 1.807) is 24.5 Å². The van der Waals surface area contributed by atoms with Gasteiger partial charge in [0, 0.05) is 17.4 Å². The Labute approximate surface area is 110 Å². The predicted octanol–water partition coefficient (Wildman–Crippen LogP) is 2.74. The molecule has 0 saturated carbocycles. The number of ether oxygens (including phenoxy) is 1. The van der Waals surface area contributed by atoms with Gasteiger partial charge in [-0.15, -0.1) is 0 Å². The standard InChI is InChI=1S/C14H15NO4/c1-9(8-19-14(15)17)6-12(16)10-2-3-13-11(7-10)4-5-18-13/h2-5,7,9H,6,8H2,1H3,(H2,15,17). The highest BCUT2D eigenvalue weighted by Gasteiger charge is 2.13. The van der Waals surface area contributed by atoms with Gasteiger partial charge in [-0.3, -0.25) is 4.79 Å². The molecule has 0 spiro atoms. The predicted molar refractivity (Wildman–Crippen MR) is 69.9 cm³/mol. The third-order valence-corrected chi connectivity index (χ3v) is 2.82. The zero-order chi connectivity index (χ0) is 13.8. The van der Waals surface area contributed by atoms with Crippen LogP contribution in [0.25, 0.3) is 11.0 Å². The number of amides is 1. The van der Waals surface area contributed by atoms with Crippen LogP contribution in [-0.4, -0.2) is 18.5 Å². The highest BCUT2D eigenvalue weighted by Crippen LogP contribution is 2.19. The molecule has 19 heavy (non-hydrogen) atoms. The van der Waals surface area contributed by atoms with Gasteiger partial charge >= 0.3 is 6.09 Å². The fourth-order valence-electron chi connectivity index (χ4n) is 1.86. The van der Waals surface area contributed by atoms with E-state index in [0.29, 0.717) is 12.0 Å². The summed E-state index contributed by atoms with van der Waals surface area (Å²) < 4.78 is 9.89. The number of benzene rings is 1. The zero-order valence-corrected chi connectivity index (χ0v) is 10.6. The van der Waals surface area contributed by atoms with Gasteiger partial charge in [-0.1, -0.05) is 6.92 Å². The van der Waals surface area contributed by atoms with Crippen LogP contribution in [0.5, 0.6) is 0 Å². The lowest BCUT2D eigenvalue weighted by Gasteiger charge is -2.10. The van der Waals surface area contributed by atoms with Crippen LogP contribution in [0.2, 0.25) is 0 Å². The molecule has 1 atom stereocenters. The van der Waals surface area contributed by atoms with Crippen LogP contribution in [-0.2, 0) is 4.74 Å². The molecule has 2 rings (SSSR count). The van der Waals surface area contributed by atoms with Crippen LogP contribution in [0.3, 0.4) is 0 Å². The van der Waals surface area contributed by atoms with E-state index >= 15 is 0 Å². The Bertz CT molecular complexity index is 602. The average Bonchev–Trinajstić information content (AvgIpc) is 2.83. The first-order chi connectivity index (χ1) is 9.06. The van der Waals surface area contributed by atoms with E-state index in [9.17, 15) is 9.59 Å². The fraction of sp³-hybridized carbons (Fsp3) is 0.286. The van der Waals surface area contributed by atoms with Crippen molar-refractivity contribution in [2.24, 2.45) is 11.7 Å². The molecule has 0 aliphatic carbocycles. The number of primary amides is 1. The minimum absolute atomic E-state index is 0.00340. The van der Waals surface area contributed by atoms with Gasteiger partial charge in [0.15, 0.2) is 5.78 Å². The smallest absolute Gasteiger partial charge is 0.404 e. The number of carbonyl (C=O) groups is 2. The van der Waals surface area contributed by atoms with Crippen molar-refractivity contribution in [1.82, 2.24) is 0 Å². The maximum Gasteiger partial charge on any atom is 0.404 e. The Morgan fingerprint density at radius 3 is 2.89 bits per heavy atom. The number of ketones is 1. The first-order valence-corrected chi connectivity index (χ1v) is 5.99. The number of nitrogens with two attached hydrogens (primary N) is 1. The second-order valence-electron chi connectivity index (χ2n) is 4.54. The molecule has 1 unspecified atom stereocenters. The summed E-state index contributed by atoms with van der Waals surface area (Å²) >= 11 is 0. The molecule has 0 saturated heterocycles. The molecular weight excluding hydrogens is 246 g/mol. The third-order valence-electron chi connectivity index (χ3n) is 2.82. The summed E-state index contributed by atoms with van der Waals surface area (Å²) in [7, 11) is 0. The molecule has 1 aromatic carbocycles. The summed E-state index contributed by atoms with van der Waals surface area (Å²) in [6.45, 7) is 1.98. The Morgan fingerprint density at radius 2 is 2.16 bits per heavy atom. The summed E-state index contributed by atoms with van der Waals surface area (Å²) in [5.74, 6) is -0.0660. The van der Waals surface area contributed by atoms with E-state index in [2.05, 4.69) is 4.74 Å². The number of carbonyl (C=O) groups excluding carboxylic acids is 2. The summed E-state index contributed by atoms with van der Waals surface area (Å²) in [6.07, 6.45) is 1.07. The van der Waals surface area contributed by atoms with Crippen LogP contribution >= 0.6 is 0 Å². The summed E-state index contributed by atoms with van der Waals surface area (Å²) in [6, 6.07) is 7.11. The number of fused-ring (bicyclic) bond motifs is 1. The number of hydrogen-bond donors (Lipinski definition) is 1. The van der Waals surface area contributed by atoms with Crippen molar-refractivity contribution >= 4 is 22.8 Å². The van der Waals surface area contributed by atoms with Crippen LogP contribution in [0.4, 0.5) is 4.79 Å². The number of furan rings is 1. The van der Waals surface area contributed by atoms with Crippen molar-refractivity contribution in [2.75, 3.05) is 6.61 Å². The average molecular weight is 261 g/mol. The largest absolute Gasteiger partial charge is 0.464 e. The van der Waals surface area contributed by atoms with Gasteiger partial charge in [0.05, 0.1) is 12.9 Å². The number of hydrogen-bond acceptors (Lipinski definition) is 4. The molecule has 0 aliphatic rings. The van der Waals surface area contributed by atoms with Crippen LogP contribution in [0.1, 0.15) is 23.7 Å². The van der Waals surface area contributed by atoms with E-state index in [4.69, 9.17) is 10.2 Å². The number of Topliss-reactive ketones (excluding diaryl/α,β-unsaturated/α-hetero) is 1. The molecule has 2 aromatic rings. The fourth-order valence-corrected chi connectivity index (χ4v) is 1.86. The normalized spacial score (nSPS) is 12.3. The van der Waals surface area contributed by atoms with Crippen LogP contribution in [0.15, 0.2) is 34.9 Å². The molecule has 0 bridgehead atoms. The lowest BCUT2D eigenvalue weighted by molar-refractivity contribution is 0.0922. The first kappa shape index (κ1) is 13.1. The summed E-state index contributed by atoms with van der Waals surface area (Å²) in [5.41, 5.74) is 6.25. The minimum atomic E-state index is -0.820. The first-order valence-electron chi connectivity index (χ1n) is 5.99. The Balaban J connectivity index is 2.00. The monoisotopic (exact) mass is 261 g/mol. The van der Waals surface area contributed by atoms with Crippen molar-refractivity contribution in [2.45, 2.75) is 13.3 Å². The Kier molecular flexibility index (Phi) is 3.85. The minimum Gasteiger partial charge on any atom is -0.464 e. The van der Waals surface area contributed by atoms with Gasteiger partial charge in [-0.25, -0.2) is 4.79 Å². The zero-order valence-electron chi connectivity index (χ0n) is 10.6. The molecular formula is C14H15NO4. The molecule has 0 fully saturated rings. The van der Waals surface area contributed by atoms with Gasteiger partial charge < -0.3 is 14.9 Å². The molecule has 5 heteroatoms. The molecule has 1 aromatic heterocycles. The molecule has 0 aliphatic heterocycles. The highest BCUT2D eigenvalue weighted by molar-refractivity contribution is 5.99. The van der Waals surface area contributed by atoms with E-state index in [1.807, 2.05) is 13.0 Å².